The average Bonchev–Trinajstić information content (AvgIpc) is 3.08. The number of hydrogen-bond donors (Lipinski definition) is 2. The quantitative estimate of drug-likeness (QED) is 0.708. The predicted octanol–water partition coefficient (Wildman–Crippen LogP) is 0.586. The van der Waals surface area contributed by atoms with Crippen LogP contribution < -0.4 is 5.32 Å². The first-order valence-corrected chi connectivity index (χ1v) is 6.79. The van der Waals surface area contributed by atoms with Crippen LogP contribution in [0.2, 0.25) is 0 Å². The maximum absolute atomic E-state index is 11.4. The number of imidazole rings is 1. The van der Waals surface area contributed by atoms with Crippen molar-refractivity contribution in [3.8, 4) is 0 Å². The van der Waals surface area contributed by atoms with Crippen LogP contribution >= 0.6 is 11.8 Å². The molecule has 18 heavy (non-hydrogen) atoms. The van der Waals surface area contributed by atoms with E-state index in [9.17, 15) is 9.59 Å². The van der Waals surface area contributed by atoms with Crippen LogP contribution in [0.15, 0.2) is 17.6 Å². The van der Waals surface area contributed by atoms with Crippen molar-refractivity contribution in [3.05, 3.63) is 12.4 Å². The molecule has 0 saturated heterocycles. The minimum Gasteiger partial charge on any atom is -0.481 e. The van der Waals surface area contributed by atoms with Gasteiger partial charge >= 0.3 is 5.97 Å². The molecule has 1 aliphatic rings. The number of hydrogen-bond acceptors (Lipinski definition) is 4. The Morgan fingerprint density at radius 3 is 3.00 bits per heavy atom. The highest BCUT2D eigenvalue weighted by molar-refractivity contribution is 7.99. The average molecular weight is 269 g/mol. The van der Waals surface area contributed by atoms with Gasteiger partial charge in [-0.05, 0) is 12.8 Å². The smallest absolute Gasteiger partial charge is 0.313 e. The molecule has 0 aliphatic heterocycles. The molecule has 1 aromatic heterocycles. The van der Waals surface area contributed by atoms with Crippen LogP contribution in [0.25, 0.3) is 0 Å². The molecular formula is C11H15N3O3S. The number of nitrogens with zero attached hydrogens (tertiary/aromatic N) is 2. The SMILES string of the molecule is O=C(O)CSc1nccn1CCNC(=O)C1CC1. The molecule has 6 nitrogen and oxygen atoms in total. The number of carboxylic acid groups (broad SMARTS) is 1. The molecule has 0 atom stereocenters. The van der Waals surface area contributed by atoms with Crippen molar-refractivity contribution in [1.82, 2.24) is 14.9 Å². The number of aromatic nitrogens is 2. The molecule has 98 valence electrons. The van der Waals surface area contributed by atoms with Crippen molar-refractivity contribution in [3.63, 3.8) is 0 Å². The number of rotatable bonds is 7. The minimum atomic E-state index is -0.864. The van der Waals surface area contributed by atoms with Gasteiger partial charge in [0, 0.05) is 31.4 Å². The maximum Gasteiger partial charge on any atom is 0.313 e. The van der Waals surface area contributed by atoms with Gasteiger partial charge in [0.15, 0.2) is 5.16 Å². The molecule has 1 saturated carbocycles. The minimum absolute atomic E-state index is 0.00849. The van der Waals surface area contributed by atoms with Crippen LogP contribution in [-0.2, 0) is 16.1 Å². The van der Waals surface area contributed by atoms with Crippen molar-refractivity contribution >= 4 is 23.6 Å². The Morgan fingerprint density at radius 1 is 1.56 bits per heavy atom. The Morgan fingerprint density at radius 2 is 2.33 bits per heavy atom. The van der Waals surface area contributed by atoms with E-state index in [1.54, 1.807) is 12.4 Å². The topological polar surface area (TPSA) is 84.2 Å². The third-order valence-electron chi connectivity index (χ3n) is 2.60. The fraction of sp³-hybridized carbons (Fsp3) is 0.545. The maximum atomic E-state index is 11.4. The first kappa shape index (κ1) is 12.9. The highest BCUT2D eigenvalue weighted by Gasteiger charge is 2.29. The fourth-order valence-electron chi connectivity index (χ4n) is 1.52. The zero-order valence-electron chi connectivity index (χ0n) is 9.83. The molecular weight excluding hydrogens is 254 g/mol. The molecule has 0 spiro atoms. The van der Waals surface area contributed by atoms with E-state index in [1.165, 1.54) is 11.8 Å². The largest absolute Gasteiger partial charge is 0.481 e. The molecule has 0 radical (unpaired) electrons. The Hall–Kier alpha value is -1.50. The normalized spacial score (nSPS) is 14.4. The third-order valence-corrected chi connectivity index (χ3v) is 3.59. The van der Waals surface area contributed by atoms with Crippen molar-refractivity contribution in [2.45, 2.75) is 24.5 Å². The summed E-state index contributed by atoms with van der Waals surface area (Å²) in [5, 5.41) is 12.1. The van der Waals surface area contributed by atoms with Gasteiger partial charge in [-0.1, -0.05) is 11.8 Å². The van der Waals surface area contributed by atoms with Gasteiger partial charge in [-0.25, -0.2) is 4.98 Å². The molecule has 7 heteroatoms. The highest BCUT2D eigenvalue weighted by Crippen LogP contribution is 2.28. The molecule has 1 heterocycles. The van der Waals surface area contributed by atoms with Crippen LogP contribution in [-0.4, -0.2) is 38.8 Å². The van der Waals surface area contributed by atoms with E-state index in [4.69, 9.17) is 5.11 Å². The van der Waals surface area contributed by atoms with Gasteiger partial charge in [0.25, 0.3) is 0 Å². The summed E-state index contributed by atoms with van der Waals surface area (Å²) < 4.78 is 1.85. The van der Waals surface area contributed by atoms with Crippen LogP contribution in [0, 0.1) is 5.92 Å². The molecule has 2 rings (SSSR count). The van der Waals surface area contributed by atoms with Gasteiger partial charge < -0.3 is 15.0 Å². The molecule has 0 aromatic carbocycles. The zero-order chi connectivity index (χ0) is 13.0. The number of aliphatic carboxylic acids is 1. The van der Waals surface area contributed by atoms with Gasteiger partial charge in [-0.3, -0.25) is 9.59 Å². The number of carbonyl (C=O) groups is 2. The van der Waals surface area contributed by atoms with Gasteiger partial charge in [0.2, 0.25) is 5.91 Å². The van der Waals surface area contributed by atoms with E-state index in [0.29, 0.717) is 18.2 Å². The van der Waals surface area contributed by atoms with Crippen molar-refractivity contribution in [2.24, 2.45) is 5.92 Å². The van der Waals surface area contributed by atoms with Crippen LogP contribution in [0.1, 0.15) is 12.8 Å². The second kappa shape index (κ2) is 5.90. The lowest BCUT2D eigenvalue weighted by Crippen LogP contribution is -2.28. The summed E-state index contributed by atoms with van der Waals surface area (Å²) >= 11 is 1.18. The lowest BCUT2D eigenvalue weighted by Gasteiger charge is -2.07. The third kappa shape index (κ3) is 3.76. The summed E-state index contributed by atoms with van der Waals surface area (Å²) in [7, 11) is 0. The van der Waals surface area contributed by atoms with E-state index >= 15 is 0 Å². The first-order chi connectivity index (χ1) is 8.66. The van der Waals surface area contributed by atoms with Gasteiger partial charge in [-0.2, -0.15) is 0 Å². The molecule has 1 amide bonds. The number of nitrogens with one attached hydrogen (secondary N) is 1. The van der Waals surface area contributed by atoms with E-state index in [2.05, 4.69) is 10.3 Å². The number of carbonyl (C=O) groups excluding carboxylic acids is 1. The van der Waals surface area contributed by atoms with E-state index in [-0.39, 0.29) is 17.6 Å². The van der Waals surface area contributed by atoms with Crippen LogP contribution in [0.3, 0.4) is 0 Å². The molecule has 0 bridgehead atoms. The Labute approximate surface area is 109 Å². The van der Waals surface area contributed by atoms with Gasteiger partial charge in [-0.15, -0.1) is 0 Å². The van der Waals surface area contributed by atoms with Gasteiger partial charge in [0.1, 0.15) is 0 Å². The molecule has 1 fully saturated rings. The lowest BCUT2D eigenvalue weighted by molar-refractivity contribution is -0.134. The van der Waals surface area contributed by atoms with E-state index in [1.807, 2.05) is 4.57 Å². The summed E-state index contributed by atoms with van der Waals surface area (Å²) in [6, 6.07) is 0. The number of carboxylic acids is 1. The molecule has 1 aliphatic carbocycles. The van der Waals surface area contributed by atoms with Crippen molar-refractivity contribution in [2.75, 3.05) is 12.3 Å². The summed E-state index contributed by atoms with van der Waals surface area (Å²) in [6.45, 7) is 1.16. The molecule has 2 N–H and O–H groups in total. The second-order valence-electron chi connectivity index (χ2n) is 4.15. The Bertz CT molecular complexity index is 442. The van der Waals surface area contributed by atoms with Gasteiger partial charge in [0.05, 0.1) is 5.75 Å². The summed E-state index contributed by atoms with van der Waals surface area (Å²) in [5.41, 5.74) is 0. The van der Waals surface area contributed by atoms with Crippen molar-refractivity contribution < 1.29 is 14.7 Å². The number of thioether (sulfide) groups is 1. The van der Waals surface area contributed by atoms with Crippen LogP contribution in [0.5, 0.6) is 0 Å². The predicted molar refractivity (Wildman–Crippen MR) is 66.3 cm³/mol. The van der Waals surface area contributed by atoms with E-state index < -0.39 is 5.97 Å². The molecule has 1 aromatic rings. The molecule has 0 unspecified atom stereocenters. The fourth-order valence-corrected chi connectivity index (χ4v) is 2.23. The zero-order valence-corrected chi connectivity index (χ0v) is 10.7. The van der Waals surface area contributed by atoms with E-state index in [0.717, 1.165) is 12.8 Å². The monoisotopic (exact) mass is 269 g/mol. The summed E-state index contributed by atoms with van der Waals surface area (Å²) in [6.07, 6.45) is 5.41. The Balaban J connectivity index is 1.76. The standard InChI is InChI=1S/C11H15N3O3S/c15-9(16)7-18-11-13-4-6-14(11)5-3-12-10(17)8-1-2-8/h4,6,8H,1-3,5,7H2,(H,12,17)(H,15,16). The Kier molecular flexibility index (Phi) is 4.24. The summed E-state index contributed by atoms with van der Waals surface area (Å²) in [5.74, 6) is -0.536. The lowest BCUT2D eigenvalue weighted by atomic mass is 10.4. The second-order valence-corrected chi connectivity index (χ2v) is 5.09. The first-order valence-electron chi connectivity index (χ1n) is 5.80. The van der Waals surface area contributed by atoms with Crippen molar-refractivity contribution in [1.29, 1.82) is 0 Å². The highest BCUT2D eigenvalue weighted by atomic mass is 32.2. The summed E-state index contributed by atoms with van der Waals surface area (Å²) in [4.78, 5) is 26.0. The van der Waals surface area contributed by atoms with Crippen LogP contribution in [0.4, 0.5) is 0 Å². The number of amides is 1.